The number of hydrogen-bond acceptors (Lipinski definition) is 6. The number of carbonyl (C=O) groups excluding carboxylic acids is 1. The molecule has 5 heterocycles. The molecule has 0 saturated carbocycles. The van der Waals surface area contributed by atoms with Crippen LogP contribution in [0.1, 0.15) is 16.1 Å². The van der Waals surface area contributed by atoms with Gasteiger partial charge in [-0.25, -0.2) is 9.97 Å². The summed E-state index contributed by atoms with van der Waals surface area (Å²) in [5, 5.41) is 16.7. The van der Waals surface area contributed by atoms with E-state index in [0.717, 1.165) is 22.3 Å². The monoisotopic (exact) mass is 389 g/mol. The van der Waals surface area contributed by atoms with E-state index in [2.05, 4.69) is 26.1 Å². The molecule has 28 heavy (non-hydrogen) atoms. The number of nitrogens with one attached hydrogen (secondary N) is 1. The number of H-pyrrole nitrogens is 1. The van der Waals surface area contributed by atoms with Gasteiger partial charge in [0.2, 0.25) is 0 Å². The molecule has 4 aromatic heterocycles. The average molecular weight is 389 g/mol. The molecular formula is C19H15N7OS. The Bertz CT molecular complexity index is 1190. The van der Waals surface area contributed by atoms with Gasteiger partial charge in [0, 0.05) is 36.4 Å². The minimum absolute atomic E-state index is 0.000719. The number of thiophene rings is 1. The number of fused-ring (bicyclic) bond motifs is 1. The van der Waals surface area contributed by atoms with Crippen molar-refractivity contribution in [2.24, 2.45) is 0 Å². The summed E-state index contributed by atoms with van der Waals surface area (Å²) in [6.07, 6.45) is 7.27. The summed E-state index contributed by atoms with van der Waals surface area (Å²) in [5.41, 5.74) is 1.90. The van der Waals surface area contributed by atoms with Gasteiger partial charge in [-0.15, -0.1) is 11.3 Å². The topological polar surface area (TPSA) is 103 Å². The smallest absolute Gasteiger partial charge is 0.264 e. The number of aromatic amines is 1. The first-order chi connectivity index (χ1) is 13.7. The van der Waals surface area contributed by atoms with E-state index in [4.69, 9.17) is 0 Å². The fraction of sp³-hybridized carbons (Fsp3) is 0.211. The molecule has 5 rings (SSSR count). The summed E-state index contributed by atoms with van der Waals surface area (Å²) < 4.78 is 1.81. The van der Waals surface area contributed by atoms with E-state index in [0.29, 0.717) is 18.0 Å². The highest BCUT2D eigenvalue weighted by Crippen LogP contribution is 2.35. The highest BCUT2D eigenvalue weighted by atomic mass is 32.1. The maximum atomic E-state index is 12.6. The lowest BCUT2D eigenvalue weighted by atomic mass is 9.86. The van der Waals surface area contributed by atoms with Gasteiger partial charge in [0.05, 0.1) is 29.3 Å². The number of nitriles is 1. The van der Waals surface area contributed by atoms with Crippen molar-refractivity contribution in [1.29, 1.82) is 5.26 Å². The van der Waals surface area contributed by atoms with E-state index in [-0.39, 0.29) is 12.3 Å². The van der Waals surface area contributed by atoms with E-state index < -0.39 is 5.54 Å². The number of aromatic nitrogens is 5. The molecule has 138 valence electrons. The van der Waals surface area contributed by atoms with Crippen LogP contribution < -0.4 is 0 Å². The second kappa shape index (κ2) is 6.28. The second-order valence-electron chi connectivity index (χ2n) is 6.83. The zero-order valence-corrected chi connectivity index (χ0v) is 15.6. The lowest BCUT2D eigenvalue weighted by molar-refractivity contribution is 0.00897. The lowest BCUT2D eigenvalue weighted by Gasteiger charge is -2.48. The number of nitrogens with zero attached hydrogens (tertiary/aromatic N) is 6. The Morgan fingerprint density at radius 1 is 1.36 bits per heavy atom. The van der Waals surface area contributed by atoms with Gasteiger partial charge in [-0.3, -0.25) is 9.48 Å². The van der Waals surface area contributed by atoms with Crippen LogP contribution in [0.15, 0.2) is 48.5 Å². The Hall–Kier alpha value is -3.51. The Balaban J connectivity index is 1.44. The Morgan fingerprint density at radius 3 is 3.04 bits per heavy atom. The SMILES string of the molecule is N#CCC1(n2cc(-c3ncnc4[nH]ccc34)cn2)CN(C(=O)c2cccs2)C1. The van der Waals surface area contributed by atoms with Gasteiger partial charge in [0.25, 0.3) is 5.91 Å². The van der Waals surface area contributed by atoms with Crippen LogP contribution >= 0.6 is 11.3 Å². The third-order valence-corrected chi connectivity index (χ3v) is 5.95. The predicted octanol–water partition coefficient (Wildman–Crippen LogP) is 2.65. The normalized spacial score (nSPS) is 15.3. The fourth-order valence-electron chi connectivity index (χ4n) is 3.66. The van der Waals surface area contributed by atoms with Crippen LogP contribution in [-0.2, 0) is 5.54 Å². The number of hydrogen-bond donors (Lipinski definition) is 1. The highest BCUT2D eigenvalue weighted by Gasteiger charge is 2.47. The van der Waals surface area contributed by atoms with Crippen molar-refractivity contribution in [3.8, 4) is 17.3 Å². The molecule has 0 bridgehead atoms. The van der Waals surface area contributed by atoms with Crippen LogP contribution in [0.3, 0.4) is 0 Å². The summed E-state index contributed by atoms with van der Waals surface area (Å²) in [6.45, 7) is 0.920. The molecule has 1 fully saturated rings. The van der Waals surface area contributed by atoms with E-state index in [1.165, 1.54) is 17.7 Å². The third kappa shape index (κ3) is 2.50. The van der Waals surface area contributed by atoms with Gasteiger partial charge in [-0.05, 0) is 17.5 Å². The van der Waals surface area contributed by atoms with Crippen LogP contribution in [0.25, 0.3) is 22.3 Å². The zero-order valence-electron chi connectivity index (χ0n) is 14.7. The molecule has 4 aromatic rings. The molecule has 0 aliphatic carbocycles. The molecule has 1 aliphatic rings. The molecule has 1 amide bonds. The van der Waals surface area contributed by atoms with Crippen LogP contribution in [0, 0.1) is 11.3 Å². The van der Waals surface area contributed by atoms with Crippen molar-refractivity contribution < 1.29 is 4.79 Å². The molecule has 1 saturated heterocycles. The van der Waals surface area contributed by atoms with Crippen LogP contribution in [0.5, 0.6) is 0 Å². The Morgan fingerprint density at radius 2 is 2.25 bits per heavy atom. The van der Waals surface area contributed by atoms with Crippen LogP contribution in [-0.4, -0.2) is 48.6 Å². The van der Waals surface area contributed by atoms with Gasteiger partial charge >= 0.3 is 0 Å². The highest BCUT2D eigenvalue weighted by molar-refractivity contribution is 7.12. The second-order valence-corrected chi connectivity index (χ2v) is 7.78. The van der Waals surface area contributed by atoms with E-state index in [9.17, 15) is 10.1 Å². The summed E-state index contributed by atoms with van der Waals surface area (Å²) in [7, 11) is 0. The van der Waals surface area contributed by atoms with Gasteiger partial charge in [0.15, 0.2) is 0 Å². The van der Waals surface area contributed by atoms with E-state index in [1.807, 2.05) is 40.7 Å². The largest absolute Gasteiger partial charge is 0.346 e. The van der Waals surface area contributed by atoms with Crippen LogP contribution in [0.2, 0.25) is 0 Å². The number of likely N-dealkylation sites (tertiary alicyclic amines) is 1. The summed E-state index contributed by atoms with van der Waals surface area (Å²) >= 11 is 1.43. The number of rotatable bonds is 4. The molecule has 0 radical (unpaired) electrons. The molecular weight excluding hydrogens is 374 g/mol. The summed E-state index contributed by atoms with van der Waals surface area (Å²) in [5.74, 6) is 0.000719. The van der Waals surface area contributed by atoms with Crippen molar-refractivity contribution in [3.05, 3.63) is 53.4 Å². The third-order valence-electron chi connectivity index (χ3n) is 5.09. The standard InChI is InChI=1S/C19H15N7OS/c20-5-4-19(10-25(11-19)18(27)15-2-1-7-28-15)26-9-13(8-24-26)16-14-3-6-21-17(14)23-12-22-16/h1-3,6-9,12H,4,10-11H2,(H,21,22,23). The van der Waals surface area contributed by atoms with Crippen molar-refractivity contribution in [2.75, 3.05) is 13.1 Å². The fourth-order valence-corrected chi connectivity index (χ4v) is 4.35. The van der Waals surface area contributed by atoms with Gasteiger partial charge in [-0.2, -0.15) is 10.4 Å². The first-order valence-corrected chi connectivity index (χ1v) is 9.61. The minimum Gasteiger partial charge on any atom is -0.346 e. The summed E-state index contributed by atoms with van der Waals surface area (Å²) in [4.78, 5) is 26.7. The maximum Gasteiger partial charge on any atom is 0.264 e. The predicted molar refractivity (Wildman–Crippen MR) is 104 cm³/mol. The molecule has 0 spiro atoms. The van der Waals surface area contributed by atoms with Crippen molar-refractivity contribution in [3.63, 3.8) is 0 Å². The molecule has 0 aromatic carbocycles. The van der Waals surface area contributed by atoms with Crippen LogP contribution in [0.4, 0.5) is 0 Å². The van der Waals surface area contributed by atoms with Gasteiger partial charge in [0.1, 0.15) is 17.5 Å². The van der Waals surface area contributed by atoms with Crippen molar-refractivity contribution in [2.45, 2.75) is 12.0 Å². The molecule has 9 heteroatoms. The van der Waals surface area contributed by atoms with Gasteiger partial charge < -0.3 is 9.88 Å². The Kier molecular flexibility index (Phi) is 3.74. The van der Waals surface area contributed by atoms with Gasteiger partial charge in [-0.1, -0.05) is 6.07 Å². The zero-order chi connectivity index (χ0) is 19.1. The average Bonchev–Trinajstić information content (AvgIpc) is 3.44. The molecule has 8 nitrogen and oxygen atoms in total. The molecule has 1 aliphatic heterocycles. The maximum absolute atomic E-state index is 12.6. The van der Waals surface area contributed by atoms with Crippen molar-refractivity contribution in [1.82, 2.24) is 29.6 Å². The molecule has 1 N–H and O–H groups in total. The van der Waals surface area contributed by atoms with Crippen molar-refractivity contribution >= 4 is 28.3 Å². The Labute approximate surface area is 164 Å². The number of carbonyl (C=O) groups is 1. The minimum atomic E-state index is -0.510. The molecule has 0 unspecified atom stereocenters. The summed E-state index contributed by atoms with van der Waals surface area (Å²) in [6, 6.07) is 7.86. The first-order valence-electron chi connectivity index (χ1n) is 8.73. The molecule has 0 atom stereocenters. The lowest BCUT2D eigenvalue weighted by Crippen LogP contribution is -2.64. The first kappa shape index (κ1) is 16.6. The van der Waals surface area contributed by atoms with E-state index in [1.54, 1.807) is 11.1 Å². The van der Waals surface area contributed by atoms with E-state index >= 15 is 0 Å². The quantitative estimate of drug-likeness (QED) is 0.578. The number of amides is 1.